The summed E-state index contributed by atoms with van der Waals surface area (Å²) in [5.74, 6) is -1.18. The lowest BCUT2D eigenvalue weighted by Gasteiger charge is -2.10. The number of rotatable bonds is 6. The molecule has 1 amide bonds. The van der Waals surface area contributed by atoms with Gasteiger partial charge in [-0.3, -0.25) is 9.48 Å². The summed E-state index contributed by atoms with van der Waals surface area (Å²) < 4.78 is 50.4. The van der Waals surface area contributed by atoms with Crippen LogP contribution in [0.4, 0.5) is 14.5 Å². The molecule has 142 valence electrons. The minimum Gasteiger partial charge on any atom is -0.506 e. The third-order valence-corrected chi connectivity index (χ3v) is 5.84. The first-order chi connectivity index (χ1) is 12.1. The van der Waals surface area contributed by atoms with Gasteiger partial charge in [-0.05, 0) is 25.1 Å². The summed E-state index contributed by atoms with van der Waals surface area (Å²) in [4.78, 5) is 12.1. The molecule has 1 aromatic heterocycles. The molecular weight excluding hydrogens is 392 g/mol. The minimum atomic E-state index is -3.53. The van der Waals surface area contributed by atoms with Gasteiger partial charge in [0, 0.05) is 0 Å². The van der Waals surface area contributed by atoms with Gasteiger partial charge in [0.15, 0.2) is 9.84 Å². The normalized spacial score (nSPS) is 11.8. The number of nitrogens with zero attached hydrogens (tertiary/aromatic N) is 2. The van der Waals surface area contributed by atoms with E-state index >= 15 is 0 Å². The summed E-state index contributed by atoms with van der Waals surface area (Å²) in [5, 5.41) is 15.5. The number of anilines is 1. The molecule has 0 saturated carbocycles. The van der Waals surface area contributed by atoms with Crippen LogP contribution in [0.2, 0.25) is 5.02 Å². The Labute approximate surface area is 153 Å². The van der Waals surface area contributed by atoms with Crippen LogP contribution < -0.4 is 5.32 Å². The molecule has 1 aromatic carbocycles. The molecule has 2 rings (SSSR count). The van der Waals surface area contributed by atoms with E-state index in [1.54, 1.807) is 0 Å². The predicted molar refractivity (Wildman–Crippen MR) is 91.4 cm³/mol. The highest BCUT2D eigenvalue weighted by molar-refractivity contribution is 7.91. The monoisotopic (exact) mass is 407 g/mol. The molecule has 0 unspecified atom stereocenters. The summed E-state index contributed by atoms with van der Waals surface area (Å²) >= 11 is 5.76. The molecule has 26 heavy (non-hydrogen) atoms. The highest BCUT2D eigenvalue weighted by Crippen LogP contribution is 2.29. The Morgan fingerprint density at radius 2 is 2.08 bits per heavy atom. The zero-order chi connectivity index (χ0) is 19.6. The molecule has 11 heteroatoms. The van der Waals surface area contributed by atoms with Crippen molar-refractivity contribution in [2.75, 3.05) is 11.1 Å². The van der Waals surface area contributed by atoms with Crippen molar-refractivity contribution in [3.8, 4) is 5.75 Å². The lowest BCUT2D eigenvalue weighted by molar-refractivity contribution is -0.117. The van der Waals surface area contributed by atoms with Gasteiger partial charge < -0.3 is 10.4 Å². The molecule has 0 aliphatic carbocycles. The van der Waals surface area contributed by atoms with Crippen molar-refractivity contribution in [2.45, 2.75) is 31.7 Å². The van der Waals surface area contributed by atoms with Crippen LogP contribution in [0.25, 0.3) is 0 Å². The number of hydrogen-bond acceptors (Lipinski definition) is 5. The zero-order valence-corrected chi connectivity index (χ0v) is 15.4. The maximum absolute atomic E-state index is 12.8. The third kappa shape index (κ3) is 4.13. The number of hydrogen-bond donors (Lipinski definition) is 2. The Bertz CT molecular complexity index is 945. The third-order valence-electron chi connectivity index (χ3n) is 3.64. The maximum atomic E-state index is 12.8. The van der Waals surface area contributed by atoms with Crippen LogP contribution >= 0.6 is 11.6 Å². The second-order valence-corrected chi connectivity index (χ2v) is 8.03. The van der Waals surface area contributed by atoms with Gasteiger partial charge in [-0.25, -0.2) is 17.2 Å². The number of carbonyl (C=O) groups excluding carboxylic acids is 1. The highest BCUT2D eigenvalue weighted by Gasteiger charge is 2.22. The van der Waals surface area contributed by atoms with Crippen LogP contribution in [0.3, 0.4) is 0 Å². The molecule has 7 nitrogen and oxygen atoms in total. The zero-order valence-electron chi connectivity index (χ0n) is 13.8. The van der Waals surface area contributed by atoms with Crippen molar-refractivity contribution < 1.29 is 27.1 Å². The molecule has 0 radical (unpaired) electrons. The molecule has 0 spiro atoms. The molecule has 0 aliphatic rings. The van der Waals surface area contributed by atoms with Crippen molar-refractivity contribution in [3.05, 3.63) is 34.6 Å². The number of phenols is 1. The molecule has 0 saturated heterocycles. The van der Waals surface area contributed by atoms with E-state index in [0.717, 1.165) is 16.8 Å². The van der Waals surface area contributed by atoms with E-state index in [1.165, 1.54) is 19.9 Å². The summed E-state index contributed by atoms with van der Waals surface area (Å²) in [6, 6.07) is 3.48. The number of aromatic nitrogens is 2. The van der Waals surface area contributed by atoms with Crippen molar-refractivity contribution in [1.82, 2.24) is 9.78 Å². The molecule has 0 atom stereocenters. The fourth-order valence-corrected chi connectivity index (χ4v) is 3.27. The summed E-state index contributed by atoms with van der Waals surface area (Å²) in [6.45, 7) is 2.45. The molecule has 0 fully saturated rings. The average Bonchev–Trinajstić information content (AvgIpc) is 2.85. The van der Waals surface area contributed by atoms with Crippen LogP contribution in [0, 0.1) is 6.92 Å². The van der Waals surface area contributed by atoms with Gasteiger partial charge in [0.25, 0.3) is 6.43 Å². The summed E-state index contributed by atoms with van der Waals surface area (Å²) in [7, 11) is -3.53. The number of aromatic hydroxyl groups is 1. The Morgan fingerprint density at radius 1 is 1.42 bits per heavy atom. The van der Waals surface area contributed by atoms with Crippen LogP contribution in [0.5, 0.6) is 5.75 Å². The largest absolute Gasteiger partial charge is 0.506 e. The van der Waals surface area contributed by atoms with E-state index in [2.05, 4.69) is 10.4 Å². The van der Waals surface area contributed by atoms with E-state index in [0.29, 0.717) is 0 Å². The van der Waals surface area contributed by atoms with Crippen molar-refractivity contribution in [1.29, 1.82) is 0 Å². The van der Waals surface area contributed by atoms with Gasteiger partial charge in [-0.1, -0.05) is 18.5 Å². The van der Waals surface area contributed by atoms with E-state index < -0.39 is 34.4 Å². The predicted octanol–water partition coefficient (Wildman–Crippen LogP) is 2.92. The number of carbonyl (C=O) groups is 1. The quantitative estimate of drug-likeness (QED) is 0.717. The van der Waals surface area contributed by atoms with Gasteiger partial charge in [0.05, 0.1) is 27.1 Å². The van der Waals surface area contributed by atoms with Gasteiger partial charge >= 0.3 is 0 Å². The van der Waals surface area contributed by atoms with Gasteiger partial charge in [-0.15, -0.1) is 0 Å². The van der Waals surface area contributed by atoms with Gasteiger partial charge in [-0.2, -0.15) is 5.10 Å². The number of sulfone groups is 1. The number of alkyl halides is 2. The maximum Gasteiger partial charge on any atom is 0.283 e. The average molecular weight is 408 g/mol. The van der Waals surface area contributed by atoms with Gasteiger partial charge in [0.2, 0.25) is 5.91 Å². The van der Waals surface area contributed by atoms with Crippen molar-refractivity contribution in [3.63, 3.8) is 0 Å². The molecule has 2 aromatic rings. The SMILES string of the molecule is CCS(=O)(=O)c1ccc(O)c(NC(=O)Cn2nc(C(F)F)c(Cl)c2C)c1. The molecular formula is C15H16ClF2N3O4S. The Kier molecular flexibility index (Phi) is 5.87. The lowest BCUT2D eigenvalue weighted by atomic mass is 10.3. The lowest BCUT2D eigenvalue weighted by Crippen LogP contribution is -2.20. The van der Waals surface area contributed by atoms with Crippen molar-refractivity contribution >= 4 is 33.0 Å². The Hall–Kier alpha value is -2.20. The second-order valence-electron chi connectivity index (χ2n) is 5.37. The Morgan fingerprint density at radius 3 is 2.62 bits per heavy atom. The molecule has 2 N–H and O–H groups in total. The smallest absolute Gasteiger partial charge is 0.283 e. The second kappa shape index (κ2) is 7.58. The first-order valence-electron chi connectivity index (χ1n) is 7.43. The molecule has 0 aliphatic heterocycles. The summed E-state index contributed by atoms with van der Waals surface area (Å²) in [5.41, 5.74) is -0.561. The van der Waals surface area contributed by atoms with E-state index in [1.807, 2.05) is 0 Å². The number of amides is 1. The standard InChI is InChI=1S/C15H16ClF2N3O4S/c1-3-26(24,25)9-4-5-11(22)10(6-9)19-12(23)7-21-8(2)13(16)14(20-21)15(17)18/h4-6,15,22H,3,7H2,1-2H3,(H,19,23). The topological polar surface area (TPSA) is 101 Å². The first-order valence-corrected chi connectivity index (χ1v) is 9.46. The highest BCUT2D eigenvalue weighted by atomic mass is 35.5. The fourth-order valence-electron chi connectivity index (χ4n) is 2.14. The Balaban J connectivity index is 2.24. The van der Waals surface area contributed by atoms with Crippen LogP contribution in [0.1, 0.15) is 24.7 Å². The minimum absolute atomic E-state index is 0.0635. The van der Waals surface area contributed by atoms with E-state index in [9.17, 15) is 27.1 Å². The summed E-state index contributed by atoms with van der Waals surface area (Å²) in [6.07, 6.45) is -2.88. The van der Waals surface area contributed by atoms with Crippen LogP contribution in [0.15, 0.2) is 23.1 Å². The van der Waals surface area contributed by atoms with Crippen LogP contribution in [-0.2, 0) is 21.2 Å². The van der Waals surface area contributed by atoms with Crippen molar-refractivity contribution in [2.24, 2.45) is 0 Å². The number of nitrogens with one attached hydrogen (secondary N) is 1. The van der Waals surface area contributed by atoms with Crippen LogP contribution in [-0.4, -0.2) is 35.0 Å². The van der Waals surface area contributed by atoms with Gasteiger partial charge in [0.1, 0.15) is 18.0 Å². The first kappa shape index (κ1) is 20.1. The molecule has 0 bridgehead atoms. The van der Waals surface area contributed by atoms with E-state index in [4.69, 9.17) is 11.6 Å². The van der Waals surface area contributed by atoms with E-state index in [-0.39, 0.29) is 32.8 Å². The fraction of sp³-hybridized carbons (Fsp3) is 0.333. The number of halogens is 3. The number of benzene rings is 1. The molecule has 1 heterocycles. The number of phenolic OH excluding ortho intramolecular Hbond substituents is 1.